The van der Waals surface area contributed by atoms with Crippen molar-refractivity contribution in [3.63, 3.8) is 0 Å². The molecule has 1 aromatic carbocycles. The molecule has 0 spiro atoms. The van der Waals surface area contributed by atoms with Crippen molar-refractivity contribution < 1.29 is 4.79 Å². The van der Waals surface area contributed by atoms with E-state index in [9.17, 15) is 4.79 Å². The number of carbonyl (C=O) groups is 1. The van der Waals surface area contributed by atoms with Crippen LogP contribution in [0.15, 0.2) is 36.9 Å². The average Bonchev–Trinajstić information content (AvgIpc) is 3.18. The first kappa shape index (κ1) is 13.9. The van der Waals surface area contributed by atoms with Crippen molar-refractivity contribution in [3.8, 4) is 11.4 Å². The lowest BCUT2D eigenvalue weighted by molar-refractivity contribution is -0.119. The van der Waals surface area contributed by atoms with Crippen LogP contribution in [-0.4, -0.2) is 40.9 Å². The van der Waals surface area contributed by atoms with Gasteiger partial charge in [-0.25, -0.2) is 9.67 Å². The standard InChI is InChI=1S/C13H14N8O/c1-9(21-8-15-18-19-21)13(22)16-11-5-3-4-10(6-11)12-14-7-20(2)17-12/h3-9H,1-2H3,(H,16,22)/t9-/m0/s1. The topological polar surface area (TPSA) is 103 Å². The summed E-state index contributed by atoms with van der Waals surface area (Å²) in [4.78, 5) is 16.4. The Hall–Kier alpha value is -3.10. The molecule has 2 heterocycles. The molecule has 1 atom stereocenters. The number of aromatic nitrogens is 7. The highest BCUT2D eigenvalue weighted by Crippen LogP contribution is 2.19. The number of carbonyl (C=O) groups excluding carboxylic acids is 1. The summed E-state index contributed by atoms with van der Waals surface area (Å²) in [5.41, 5.74) is 1.49. The van der Waals surface area contributed by atoms with E-state index in [1.165, 1.54) is 11.0 Å². The third kappa shape index (κ3) is 2.82. The number of rotatable bonds is 4. The molecule has 0 bridgehead atoms. The van der Waals surface area contributed by atoms with Gasteiger partial charge in [-0.05, 0) is 29.5 Å². The molecule has 0 radical (unpaired) electrons. The molecule has 0 aliphatic heterocycles. The van der Waals surface area contributed by atoms with Crippen LogP contribution < -0.4 is 5.32 Å². The number of hydrogen-bond donors (Lipinski definition) is 1. The molecule has 9 heteroatoms. The number of aryl methyl sites for hydroxylation is 1. The molecule has 0 saturated heterocycles. The number of benzene rings is 1. The van der Waals surface area contributed by atoms with Gasteiger partial charge in [-0.1, -0.05) is 12.1 Å². The van der Waals surface area contributed by atoms with Crippen molar-refractivity contribution in [2.45, 2.75) is 13.0 Å². The van der Waals surface area contributed by atoms with E-state index in [0.717, 1.165) is 5.56 Å². The predicted octanol–water partition coefficient (Wildman–Crippen LogP) is 0.668. The molecule has 0 aliphatic carbocycles. The van der Waals surface area contributed by atoms with E-state index in [4.69, 9.17) is 0 Å². The normalized spacial score (nSPS) is 12.1. The number of anilines is 1. The Morgan fingerprint density at radius 1 is 1.32 bits per heavy atom. The molecule has 3 aromatic rings. The Labute approximate surface area is 126 Å². The molecule has 2 aromatic heterocycles. The lowest BCUT2D eigenvalue weighted by atomic mass is 10.2. The number of nitrogens with zero attached hydrogens (tertiary/aromatic N) is 7. The second kappa shape index (κ2) is 5.72. The summed E-state index contributed by atoms with van der Waals surface area (Å²) in [5.74, 6) is 0.394. The fraction of sp³-hybridized carbons (Fsp3) is 0.231. The van der Waals surface area contributed by atoms with Crippen LogP contribution in [0.3, 0.4) is 0 Å². The molecule has 3 rings (SSSR count). The Bertz CT molecular complexity index is 779. The second-order valence-corrected chi connectivity index (χ2v) is 4.78. The molecule has 1 amide bonds. The van der Waals surface area contributed by atoms with Gasteiger partial charge in [0.05, 0.1) is 0 Å². The van der Waals surface area contributed by atoms with Gasteiger partial charge in [-0.15, -0.1) is 5.10 Å². The van der Waals surface area contributed by atoms with E-state index in [1.807, 2.05) is 18.2 Å². The third-order valence-electron chi connectivity index (χ3n) is 3.13. The Morgan fingerprint density at radius 2 is 2.18 bits per heavy atom. The molecule has 0 unspecified atom stereocenters. The highest BCUT2D eigenvalue weighted by atomic mass is 16.2. The summed E-state index contributed by atoms with van der Waals surface area (Å²) in [6, 6.07) is 6.83. The van der Waals surface area contributed by atoms with Gasteiger partial charge in [0.2, 0.25) is 5.91 Å². The maximum atomic E-state index is 12.2. The first-order chi connectivity index (χ1) is 10.6. The minimum Gasteiger partial charge on any atom is -0.324 e. The van der Waals surface area contributed by atoms with Crippen LogP contribution in [0.4, 0.5) is 5.69 Å². The maximum absolute atomic E-state index is 12.2. The van der Waals surface area contributed by atoms with Crippen LogP contribution >= 0.6 is 0 Å². The van der Waals surface area contributed by atoms with E-state index >= 15 is 0 Å². The van der Waals surface area contributed by atoms with Crippen molar-refractivity contribution >= 4 is 11.6 Å². The first-order valence-corrected chi connectivity index (χ1v) is 6.63. The van der Waals surface area contributed by atoms with Crippen molar-refractivity contribution in [1.29, 1.82) is 0 Å². The molecule has 1 N–H and O–H groups in total. The largest absolute Gasteiger partial charge is 0.324 e. The van der Waals surface area contributed by atoms with Crippen molar-refractivity contribution in [1.82, 2.24) is 35.0 Å². The highest BCUT2D eigenvalue weighted by molar-refractivity contribution is 5.93. The molecule has 22 heavy (non-hydrogen) atoms. The second-order valence-electron chi connectivity index (χ2n) is 4.78. The van der Waals surface area contributed by atoms with Crippen molar-refractivity contribution in [3.05, 3.63) is 36.9 Å². The molecular weight excluding hydrogens is 284 g/mol. The fourth-order valence-corrected chi connectivity index (χ4v) is 1.92. The zero-order valence-electron chi connectivity index (χ0n) is 12.1. The molecule has 9 nitrogen and oxygen atoms in total. The molecule has 112 valence electrons. The van der Waals surface area contributed by atoms with Gasteiger partial charge in [-0.2, -0.15) is 5.10 Å². The van der Waals surface area contributed by atoms with E-state index < -0.39 is 6.04 Å². The highest BCUT2D eigenvalue weighted by Gasteiger charge is 2.16. The number of nitrogens with one attached hydrogen (secondary N) is 1. The van der Waals surface area contributed by atoms with Gasteiger partial charge < -0.3 is 5.32 Å². The molecule has 0 fully saturated rings. The fourth-order valence-electron chi connectivity index (χ4n) is 1.92. The van der Waals surface area contributed by atoms with E-state index in [-0.39, 0.29) is 5.91 Å². The van der Waals surface area contributed by atoms with Crippen LogP contribution in [0, 0.1) is 0 Å². The summed E-state index contributed by atoms with van der Waals surface area (Å²) in [7, 11) is 1.80. The molecular formula is C13H14N8O. The first-order valence-electron chi connectivity index (χ1n) is 6.63. The van der Waals surface area contributed by atoms with E-state index in [0.29, 0.717) is 11.5 Å². The molecule has 0 aliphatic rings. The SMILES string of the molecule is C[C@@H](C(=O)Nc1cccc(-c2ncn(C)n2)c1)n1cnnn1. The molecule has 0 saturated carbocycles. The van der Waals surface area contributed by atoms with Gasteiger partial charge in [0, 0.05) is 18.3 Å². The van der Waals surface area contributed by atoms with E-state index in [2.05, 4.69) is 30.9 Å². The van der Waals surface area contributed by atoms with Crippen molar-refractivity contribution in [2.24, 2.45) is 7.05 Å². The van der Waals surface area contributed by atoms with Crippen LogP contribution in [0.2, 0.25) is 0 Å². The maximum Gasteiger partial charge on any atom is 0.249 e. The Balaban J connectivity index is 1.77. The Morgan fingerprint density at radius 3 is 2.86 bits per heavy atom. The van der Waals surface area contributed by atoms with Gasteiger partial charge in [0.1, 0.15) is 18.7 Å². The lowest BCUT2D eigenvalue weighted by Crippen LogP contribution is -2.24. The number of amides is 1. The summed E-state index contributed by atoms with van der Waals surface area (Å²) in [6.45, 7) is 1.72. The van der Waals surface area contributed by atoms with Crippen LogP contribution in [0.25, 0.3) is 11.4 Å². The summed E-state index contributed by atoms with van der Waals surface area (Å²) < 4.78 is 3.01. The van der Waals surface area contributed by atoms with Crippen LogP contribution in [-0.2, 0) is 11.8 Å². The lowest BCUT2D eigenvalue weighted by Gasteiger charge is -2.11. The summed E-state index contributed by atoms with van der Waals surface area (Å²) in [6.07, 6.45) is 3.03. The average molecular weight is 298 g/mol. The van der Waals surface area contributed by atoms with Crippen molar-refractivity contribution in [2.75, 3.05) is 5.32 Å². The zero-order valence-corrected chi connectivity index (χ0v) is 12.1. The quantitative estimate of drug-likeness (QED) is 0.759. The minimum absolute atomic E-state index is 0.210. The smallest absolute Gasteiger partial charge is 0.249 e. The monoisotopic (exact) mass is 298 g/mol. The zero-order chi connectivity index (χ0) is 15.5. The Kier molecular flexibility index (Phi) is 3.60. The third-order valence-corrected chi connectivity index (χ3v) is 3.13. The van der Waals surface area contributed by atoms with Crippen LogP contribution in [0.1, 0.15) is 13.0 Å². The van der Waals surface area contributed by atoms with Gasteiger partial charge in [0.15, 0.2) is 5.82 Å². The van der Waals surface area contributed by atoms with Gasteiger partial charge in [-0.3, -0.25) is 9.48 Å². The number of tetrazole rings is 1. The van der Waals surface area contributed by atoms with E-state index in [1.54, 1.807) is 31.0 Å². The van der Waals surface area contributed by atoms with Gasteiger partial charge in [0.25, 0.3) is 0 Å². The predicted molar refractivity (Wildman–Crippen MR) is 77.6 cm³/mol. The van der Waals surface area contributed by atoms with Crippen LogP contribution in [0.5, 0.6) is 0 Å². The number of hydrogen-bond acceptors (Lipinski definition) is 6. The van der Waals surface area contributed by atoms with Gasteiger partial charge >= 0.3 is 0 Å². The summed E-state index contributed by atoms with van der Waals surface area (Å²) in [5, 5.41) is 17.8. The summed E-state index contributed by atoms with van der Waals surface area (Å²) >= 11 is 0. The minimum atomic E-state index is -0.508.